The summed E-state index contributed by atoms with van der Waals surface area (Å²) < 4.78 is 19.2. The lowest BCUT2D eigenvalue weighted by Gasteiger charge is -2.55. The molecule has 0 N–H and O–H groups in total. The Kier molecular flexibility index (Phi) is 10.7. The van der Waals surface area contributed by atoms with Crippen LogP contribution >= 0.6 is 0 Å². The van der Waals surface area contributed by atoms with Gasteiger partial charge >= 0.3 is 6.09 Å². The van der Waals surface area contributed by atoms with E-state index >= 15 is 0 Å². The van der Waals surface area contributed by atoms with Crippen LogP contribution in [0, 0.1) is 18.3 Å². The van der Waals surface area contributed by atoms with E-state index in [1.54, 1.807) is 12.0 Å². The van der Waals surface area contributed by atoms with E-state index in [-0.39, 0.29) is 47.0 Å². The molecular weight excluding hydrogens is 654 g/mol. The lowest BCUT2D eigenvalue weighted by atomic mass is 9.51. The third kappa shape index (κ3) is 7.45. The number of carbonyl (C=O) groups is 2. The number of nitrogens with zero attached hydrogens (tertiary/aromatic N) is 5. The topological polar surface area (TPSA) is 99.0 Å². The first-order valence-corrected chi connectivity index (χ1v) is 19.7. The van der Waals surface area contributed by atoms with Crippen LogP contribution in [0.2, 0.25) is 0 Å². The minimum absolute atomic E-state index is 0.0573. The molecule has 2 amide bonds. The number of ether oxygens (including phenoxy) is 3. The highest BCUT2D eigenvalue weighted by atomic mass is 16.6. The molecule has 4 saturated carbocycles. The fourth-order valence-corrected chi connectivity index (χ4v) is 9.11. The number of aryl methyl sites for hydroxylation is 1. The molecule has 0 unspecified atom stereocenters. The molecular formula is C42H57N5O5. The summed E-state index contributed by atoms with van der Waals surface area (Å²) in [6.07, 6.45) is 15.9. The number of methoxy groups -OCH3 is 1. The zero-order valence-corrected chi connectivity index (χ0v) is 31.8. The predicted octanol–water partition coefficient (Wildman–Crippen LogP) is 8.27. The first kappa shape index (κ1) is 36.4. The van der Waals surface area contributed by atoms with Crippen molar-refractivity contribution in [2.75, 3.05) is 38.3 Å². The molecule has 4 aliphatic carbocycles. The molecule has 10 nitrogen and oxygen atoms in total. The number of amides is 2. The number of rotatable bonds is 12. The van der Waals surface area contributed by atoms with Crippen LogP contribution in [0.4, 0.5) is 10.6 Å². The molecule has 52 heavy (non-hydrogen) atoms. The van der Waals surface area contributed by atoms with Crippen LogP contribution in [0.3, 0.4) is 0 Å². The van der Waals surface area contributed by atoms with E-state index in [0.29, 0.717) is 51.1 Å². The van der Waals surface area contributed by atoms with Crippen LogP contribution in [0.25, 0.3) is 11.1 Å². The lowest BCUT2D eigenvalue weighted by molar-refractivity contribution is -0.125. The van der Waals surface area contributed by atoms with Gasteiger partial charge in [-0.3, -0.25) is 14.4 Å². The number of hydrogen-bond donors (Lipinski definition) is 0. The molecule has 1 aliphatic heterocycles. The van der Waals surface area contributed by atoms with Crippen molar-refractivity contribution in [3.8, 4) is 16.9 Å². The molecule has 5 aliphatic rings. The van der Waals surface area contributed by atoms with Gasteiger partial charge in [-0.1, -0.05) is 19.1 Å². The number of hydrogen-bond acceptors (Lipinski definition) is 7. The Labute approximate surface area is 309 Å². The highest BCUT2D eigenvalue weighted by Gasteiger charge is 2.51. The minimum atomic E-state index is -0.260. The fourth-order valence-electron chi connectivity index (χ4n) is 9.11. The van der Waals surface area contributed by atoms with Crippen LogP contribution in [0.1, 0.15) is 109 Å². The number of fused-ring (bicyclic) bond motifs is 3. The van der Waals surface area contributed by atoms with Gasteiger partial charge in [0.1, 0.15) is 17.7 Å². The Balaban J connectivity index is 1.06. The number of aromatic nitrogens is 3. The Hall–Kier alpha value is -3.92. The first-order valence-electron chi connectivity index (χ1n) is 19.7. The van der Waals surface area contributed by atoms with Gasteiger partial charge < -0.3 is 19.1 Å². The Morgan fingerprint density at radius 2 is 1.69 bits per heavy atom. The summed E-state index contributed by atoms with van der Waals surface area (Å²) in [5, 5.41) is 4.57. The van der Waals surface area contributed by atoms with Gasteiger partial charge in [0.15, 0.2) is 0 Å². The van der Waals surface area contributed by atoms with Crippen molar-refractivity contribution < 1.29 is 23.8 Å². The number of pyridine rings is 1. The largest absolute Gasteiger partial charge is 0.496 e. The van der Waals surface area contributed by atoms with Crippen LogP contribution in [-0.2, 0) is 19.7 Å². The maximum atomic E-state index is 14.7. The summed E-state index contributed by atoms with van der Waals surface area (Å²) >= 11 is 0. The molecule has 2 aromatic heterocycles. The van der Waals surface area contributed by atoms with E-state index in [4.69, 9.17) is 19.2 Å². The second-order valence-corrected chi connectivity index (χ2v) is 16.3. The fraction of sp³-hybridized carbons (Fsp3) is 0.619. The molecule has 3 heterocycles. The summed E-state index contributed by atoms with van der Waals surface area (Å²) in [5.74, 6) is 1.67. The number of likely N-dealkylation sites (tertiary alicyclic amines) is 1. The van der Waals surface area contributed by atoms with Crippen LogP contribution < -0.4 is 9.64 Å². The predicted molar refractivity (Wildman–Crippen MR) is 202 cm³/mol. The van der Waals surface area contributed by atoms with E-state index in [9.17, 15) is 9.59 Å². The second kappa shape index (κ2) is 15.2. The normalized spacial score (nSPS) is 25.9. The summed E-state index contributed by atoms with van der Waals surface area (Å²) in [4.78, 5) is 36.1. The van der Waals surface area contributed by atoms with Crippen LogP contribution in [0.5, 0.6) is 5.75 Å². The summed E-state index contributed by atoms with van der Waals surface area (Å²) in [6, 6.07) is 11.1. The summed E-state index contributed by atoms with van der Waals surface area (Å²) in [5.41, 5.74) is 4.90. The quantitative estimate of drug-likeness (QED) is 0.187. The molecule has 280 valence electrons. The van der Waals surface area contributed by atoms with Gasteiger partial charge in [-0.05, 0) is 137 Å². The van der Waals surface area contributed by atoms with Crippen molar-refractivity contribution in [2.45, 2.75) is 122 Å². The molecule has 8 rings (SSSR count). The zero-order chi connectivity index (χ0) is 36.5. The number of anilines is 1. The highest BCUT2D eigenvalue weighted by molar-refractivity contribution is 5.95. The molecule has 3 aromatic rings. The lowest BCUT2D eigenvalue weighted by Crippen LogP contribution is -2.55. The van der Waals surface area contributed by atoms with E-state index in [1.165, 1.54) is 11.1 Å². The molecule has 2 bridgehead atoms. The average molecular weight is 712 g/mol. The Bertz CT molecular complexity index is 1700. The Morgan fingerprint density at radius 1 is 0.962 bits per heavy atom. The second-order valence-electron chi connectivity index (χ2n) is 16.3. The van der Waals surface area contributed by atoms with Crippen molar-refractivity contribution >= 4 is 17.8 Å². The maximum Gasteiger partial charge on any atom is 0.410 e. The summed E-state index contributed by atoms with van der Waals surface area (Å²) in [7, 11) is 1.74. The molecule has 1 saturated heterocycles. The molecule has 10 heteroatoms. The molecule has 0 spiro atoms. The monoisotopic (exact) mass is 711 g/mol. The van der Waals surface area contributed by atoms with Gasteiger partial charge in [0, 0.05) is 43.1 Å². The van der Waals surface area contributed by atoms with Crippen molar-refractivity contribution in [3.63, 3.8) is 0 Å². The molecule has 5 fully saturated rings. The van der Waals surface area contributed by atoms with E-state index in [0.717, 1.165) is 68.4 Å². The smallest absolute Gasteiger partial charge is 0.410 e. The summed E-state index contributed by atoms with van der Waals surface area (Å²) in [6.45, 7) is 11.0. The molecule has 0 atom stereocenters. The third-order valence-electron chi connectivity index (χ3n) is 12.6. The van der Waals surface area contributed by atoms with Gasteiger partial charge in [-0.2, -0.15) is 5.10 Å². The van der Waals surface area contributed by atoms with E-state index < -0.39 is 0 Å². The van der Waals surface area contributed by atoms with Crippen molar-refractivity contribution in [1.82, 2.24) is 19.7 Å². The SMILES string of the molecule is CCCOC1CN(C(=O)OC2CCC(C(=O)N(CC34CCC(c5ccc(OC)c(C)c5)(CC3)CC4)c3cc(-c4cnn(C(C)C)c4)ccn3)CC2)C1. The number of benzene rings is 1. The van der Waals surface area contributed by atoms with Gasteiger partial charge in [0.2, 0.25) is 5.91 Å². The third-order valence-corrected chi connectivity index (χ3v) is 12.6. The maximum absolute atomic E-state index is 14.7. The zero-order valence-electron chi connectivity index (χ0n) is 31.8. The van der Waals surface area contributed by atoms with Crippen LogP contribution in [0.15, 0.2) is 48.9 Å². The Morgan fingerprint density at radius 3 is 2.33 bits per heavy atom. The van der Waals surface area contributed by atoms with Crippen molar-refractivity contribution in [1.29, 1.82) is 0 Å². The van der Waals surface area contributed by atoms with Gasteiger partial charge in [-0.15, -0.1) is 0 Å². The van der Waals surface area contributed by atoms with Crippen LogP contribution in [-0.4, -0.2) is 77.2 Å². The molecule has 0 radical (unpaired) electrons. The van der Waals surface area contributed by atoms with Crippen molar-refractivity contribution in [2.24, 2.45) is 11.3 Å². The van der Waals surface area contributed by atoms with E-state index in [1.807, 2.05) is 28.0 Å². The van der Waals surface area contributed by atoms with Gasteiger partial charge in [0.25, 0.3) is 0 Å². The standard InChI is InChI=1S/C42H57N5O5/c1-6-21-51-36-26-45(27-36)40(49)52-35-10-7-31(8-11-35)39(48)46(38-23-32(13-20-43-38)33-24-44-47(25-33)29(2)3)28-41-14-17-42(18-15-41,19-16-41)34-9-12-37(50-5)30(4)22-34/h9,12-13,20,22-25,29,31,35-36H,6-8,10-11,14-19,21,26-28H2,1-5H3. The average Bonchev–Trinajstić information content (AvgIpc) is 3.65. The van der Waals surface area contributed by atoms with Crippen molar-refractivity contribution in [3.05, 3.63) is 60.0 Å². The van der Waals surface area contributed by atoms with Gasteiger partial charge in [-0.25, -0.2) is 9.78 Å². The highest BCUT2D eigenvalue weighted by Crippen LogP contribution is 2.58. The minimum Gasteiger partial charge on any atom is -0.496 e. The van der Waals surface area contributed by atoms with E-state index in [2.05, 4.69) is 63.3 Å². The van der Waals surface area contributed by atoms with Gasteiger partial charge in [0.05, 0.1) is 32.5 Å². The molecule has 1 aromatic carbocycles. The number of carbonyl (C=O) groups excluding carboxylic acids is 2. The first-order chi connectivity index (χ1) is 25.1.